The van der Waals surface area contributed by atoms with E-state index in [9.17, 15) is 4.79 Å². The van der Waals surface area contributed by atoms with Crippen LogP contribution in [0.15, 0.2) is 48.5 Å². The number of anilines is 1. The number of benzene rings is 2. The SMILES string of the molecule is CCCOc1ccc(NC(=O)c2ccc(C(C)C)cc2)cc1. The summed E-state index contributed by atoms with van der Waals surface area (Å²) in [5, 5.41) is 2.90. The van der Waals surface area contributed by atoms with Gasteiger partial charge in [-0.05, 0) is 54.3 Å². The van der Waals surface area contributed by atoms with Crippen LogP contribution in [0.3, 0.4) is 0 Å². The zero-order valence-electron chi connectivity index (χ0n) is 13.4. The summed E-state index contributed by atoms with van der Waals surface area (Å²) in [6.07, 6.45) is 0.977. The molecule has 3 heteroatoms. The van der Waals surface area contributed by atoms with E-state index < -0.39 is 0 Å². The summed E-state index contributed by atoms with van der Waals surface area (Å²) in [5.41, 5.74) is 2.66. The Bertz CT molecular complexity index is 600. The summed E-state index contributed by atoms with van der Waals surface area (Å²) in [6.45, 7) is 7.04. The first-order chi connectivity index (χ1) is 10.6. The van der Waals surface area contributed by atoms with E-state index >= 15 is 0 Å². The number of nitrogens with one attached hydrogen (secondary N) is 1. The zero-order valence-corrected chi connectivity index (χ0v) is 13.4. The Kier molecular flexibility index (Phi) is 5.59. The van der Waals surface area contributed by atoms with Gasteiger partial charge in [0.25, 0.3) is 5.91 Å². The van der Waals surface area contributed by atoms with Crippen LogP contribution >= 0.6 is 0 Å². The first kappa shape index (κ1) is 16.1. The second kappa shape index (κ2) is 7.64. The number of ether oxygens (including phenoxy) is 1. The Labute approximate surface area is 132 Å². The van der Waals surface area contributed by atoms with E-state index in [0.717, 1.165) is 17.9 Å². The molecule has 0 aliphatic rings. The molecule has 0 heterocycles. The number of hydrogen-bond acceptors (Lipinski definition) is 2. The monoisotopic (exact) mass is 297 g/mol. The van der Waals surface area contributed by atoms with Crippen LogP contribution < -0.4 is 10.1 Å². The molecule has 0 radical (unpaired) electrons. The topological polar surface area (TPSA) is 38.3 Å². The average molecular weight is 297 g/mol. The lowest BCUT2D eigenvalue weighted by molar-refractivity contribution is 0.102. The van der Waals surface area contributed by atoms with Crippen LogP contribution in [0.5, 0.6) is 5.75 Å². The van der Waals surface area contributed by atoms with Crippen molar-refractivity contribution in [2.75, 3.05) is 11.9 Å². The van der Waals surface area contributed by atoms with Gasteiger partial charge in [-0.1, -0.05) is 32.9 Å². The van der Waals surface area contributed by atoms with Gasteiger partial charge in [0.15, 0.2) is 0 Å². The Morgan fingerprint density at radius 3 is 2.23 bits per heavy atom. The highest BCUT2D eigenvalue weighted by Gasteiger charge is 2.07. The van der Waals surface area contributed by atoms with Crippen molar-refractivity contribution in [3.8, 4) is 5.75 Å². The van der Waals surface area contributed by atoms with E-state index in [4.69, 9.17) is 4.74 Å². The van der Waals surface area contributed by atoms with Crippen molar-refractivity contribution in [2.24, 2.45) is 0 Å². The van der Waals surface area contributed by atoms with Crippen molar-refractivity contribution in [3.63, 3.8) is 0 Å². The van der Waals surface area contributed by atoms with Gasteiger partial charge in [-0.25, -0.2) is 0 Å². The summed E-state index contributed by atoms with van der Waals surface area (Å²) < 4.78 is 5.52. The molecule has 0 atom stereocenters. The fourth-order valence-electron chi connectivity index (χ4n) is 2.08. The molecule has 0 unspecified atom stereocenters. The molecule has 0 aliphatic carbocycles. The van der Waals surface area contributed by atoms with Gasteiger partial charge < -0.3 is 10.1 Å². The van der Waals surface area contributed by atoms with Gasteiger partial charge in [-0.2, -0.15) is 0 Å². The highest BCUT2D eigenvalue weighted by Crippen LogP contribution is 2.18. The van der Waals surface area contributed by atoms with Crippen molar-refractivity contribution < 1.29 is 9.53 Å². The standard InChI is InChI=1S/C19H23NO2/c1-4-13-22-18-11-9-17(10-12-18)20-19(21)16-7-5-15(6-8-16)14(2)3/h5-12,14H,4,13H2,1-3H3,(H,20,21). The first-order valence-electron chi connectivity index (χ1n) is 7.74. The van der Waals surface area contributed by atoms with Gasteiger partial charge in [0, 0.05) is 11.3 Å². The van der Waals surface area contributed by atoms with Crippen molar-refractivity contribution in [1.29, 1.82) is 0 Å². The minimum atomic E-state index is -0.0995. The quantitative estimate of drug-likeness (QED) is 0.827. The molecule has 2 rings (SSSR count). The van der Waals surface area contributed by atoms with Crippen LogP contribution in [0.2, 0.25) is 0 Å². The molecule has 0 fully saturated rings. The maximum atomic E-state index is 12.2. The maximum absolute atomic E-state index is 12.2. The minimum Gasteiger partial charge on any atom is -0.494 e. The van der Waals surface area contributed by atoms with Crippen molar-refractivity contribution in [2.45, 2.75) is 33.1 Å². The predicted molar refractivity (Wildman–Crippen MR) is 90.7 cm³/mol. The third-order valence-electron chi connectivity index (χ3n) is 3.42. The summed E-state index contributed by atoms with van der Waals surface area (Å²) in [7, 11) is 0. The number of amides is 1. The third-order valence-corrected chi connectivity index (χ3v) is 3.42. The third kappa shape index (κ3) is 4.35. The predicted octanol–water partition coefficient (Wildman–Crippen LogP) is 4.85. The van der Waals surface area contributed by atoms with E-state index in [2.05, 4.69) is 26.1 Å². The summed E-state index contributed by atoms with van der Waals surface area (Å²) in [6, 6.07) is 15.2. The Morgan fingerprint density at radius 2 is 1.68 bits per heavy atom. The van der Waals surface area contributed by atoms with Crippen LogP contribution in [0.4, 0.5) is 5.69 Å². The van der Waals surface area contributed by atoms with Crippen LogP contribution in [0.1, 0.15) is 49.0 Å². The van der Waals surface area contributed by atoms with Crippen molar-refractivity contribution in [1.82, 2.24) is 0 Å². The van der Waals surface area contributed by atoms with Gasteiger partial charge in [-0.15, -0.1) is 0 Å². The molecule has 2 aromatic carbocycles. The minimum absolute atomic E-state index is 0.0995. The molecule has 0 spiro atoms. The number of carbonyl (C=O) groups is 1. The molecule has 0 saturated carbocycles. The van der Waals surface area contributed by atoms with E-state index in [1.54, 1.807) is 0 Å². The van der Waals surface area contributed by atoms with Crippen LogP contribution in [-0.4, -0.2) is 12.5 Å². The zero-order chi connectivity index (χ0) is 15.9. The van der Waals surface area contributed by atoms with Gasteiger partial charge in [0.1, 0.15) is 5.75 Å². The summed E-state index contributed by atoms with van der Waals surface area (Å²) in [4.78, 5) is 12.2. The fraction of sp³-hybridized carbons (Fsp3) is 0.316. The molecule has 116 valence electrons. The highest BCUT2D eigenvalue weighted by molar-refractivity contribution is 6.04. The van der Waals surface area contributed by atoms with Gasteiger partial charge in [0.2, 0.25) is 0 Å². The molecule has 3 nitrogen and oxygen atoms in total. The fourth-order valence-corrected chi connectivity index (χ4v) is 2.08. The van der Waals surface area contributed by atoms with E-state index in [-0.39, 0.29) is 5.91 Å². The van der Waals surface area contributed by atoms with Crippen LogP contribution in [0, 0.1) is 0 Å². The molecule has 0 aliphatic heterocycles. The second-order valence-electron chi connectivity index (χ2n) is 5.60. The van der Waals surface area contributed by atoms with E-state index in [1.807, 2.05) is 48.5 Å². The van der Waals surface area contributed by atoms with Gasteiger partial charge in [0.05, 0.1) is 6.61 Å². The molecule has 22 heavy (non-hydrogen) atoms. The lowest BCUT2D eigenvalue weighted by Gasteiger charge is -2.09. The molecule has 1 amide bonds. The van der Waals surface area contributed by atoms with Crippen molar-refractivity contribution >= 4 is 11.6 Å². The second-order valence-corrected chi connectivity index (χ2v) is 5.60. The Morgan fingerprint density at radius 1 is 1.05 bits per heavy atom. The molecular formula is C19H23NO2. The number of carbonyl (C=O) groups excluding carboxylic acids is 1. The molecule has 0 saturated heterocycles. The smallest absolute Gasteiger partial charge is 0.255 e. The lowest BCUT2D eigenvalue weighted by Crippen LogP contribution is -2.11. The largest absolute Gasteiger partial charge is 0.494 e. The average Bonchev–Trinajstić information content (AvgIpc) is 2.54. The number of hydrogen-bond donors (Lipinski definition) is 1. The van der Waals surface area contributed by atoms with E-state index in [0.29, 0.717) is 18.1 Å². The van der Waals surface area contributed by atoms with Crippen LogP contribution in [0.25, 0.3) is 0 Å². The van der Waals surface area contributed by atoms with Gasteiger partial charge in [-0.3, -0.25) is 4.79 Å². The Hall–Kier alpha value is -2.29. The molecule has 2 aromatic rings. The number of rotatable bonds is 6. The molecule has 0 aromatic heterocycles. The lowest BCUT2D eigenvalue weighted by atomic mass is 10.0. The normalized spacial score (nSPS) is 10.5. The molecular weight excluding hydrogens is 274 g/mol. The summed E-state index contributed by atoms with van der Waals surface area (Å²) >= 11 is 0. The van der Waals surface area contributed by atoms with Crippen LogP contribution in [-0.2, 0) is 0 Å². The van der Waals surface area contributed by atoms with Gasteiger partial charge >= 0.3 is 0 Å². The molecule has 1 N–H and O–H groups in total. The summed E-state index contributed by atoms with van der Waals surface area (Å²) in [5.74, 6) is 1.19. The maximum Gasteiger partial charge on any atom is 0.255 e. The Balaban J connectivity index is 1.99. The highest BCUT2D eigenvalue weighted by atomic mass is 16.5. The van der Waals surface area contributed by atoms with Crippen molar-refractivity contribution in [3.05, 3.63) is 59.7 Å². The van der Waals surface area contributed by atoms with E-state index in [1.165, 1.54) is 5.56 Å². The first-order valence-corrected chi connectivity index (χ1v) is 7.74. The molecule has 0 bridgehead atoms.